The molecule has 0 bridgehead atoms. The first-order valence-electron chi connectivity index (χ1n) is 6.52. The summed E-state index contributed by atoms with van der Waals surface area (Å²) >= 11 is 0. The molecule has 1 rings (SSSR count). The lowest BCUT2D eigenvalue weighted by molar-refractivity contribution is -0.146. The number of methoxy groups -OCH3 is 1. The molecule has 104 valence electrons. The van der Waals surface area contributed by atoms with E-state index >= 15 is 0 Å². The highest BCUT2D eigenvalue weighted by atomic mass is 16.5. The molecule has 0 aromatic heterocycles. The van der Waals surface area contributed by atoms with E-state index in [2.05, 4.69) is 16.7 Å². The highest BCUT2D eigenvalue weighted by Crippen LogP contribution is 2.19. The maximum absolute atomic E-state index is 11.7. The molecular formula is C13H24N2O3. The first kappa shape index (κ1) is 15.0. The lowest BCUT2D eigenvalue weighted by Crippen LogP contribution is -2.34. The van der Waals surface area contributed by atoms with E-state index in [0.29, 0.717) is 5.92 Å². The molecule has 0 saturated carbocycles. The second kappa shape index (κ2) is 7.36. The van der Waals surface area contributed by atoms with Gasteiger partial charge in [0.2, 0.25) is 5.91 Å². The summed E-state index contributed by atoms with van der Waals surface area (Å²) in [5, 5.41) is 0. The number of hydrogen-bond acceptors (Lipinski definition) is 4. The van der Waals surface area contributed by atoms with Crippen molar-refractivity contribution >= 4 is 11.9 Å². The Balaban J connectivity index is 2.21. The van der Waals surface area contributed by atoms with E-state index < -0.39 is 5.97 Å². The average Bonchev–Trinajstić information content (AvgIpc) is 2.37. The number of esters is 1. The molecule has 0 atom stereocenters. The summed E-state index contributed by atoms with van der Waals surface area (Å²) in [6.45, 7) is 3.01. The number of hydrogen-bond donors (Lipinski definition) is 0. The maximum atomic E-state index is 11.7. The van der Waals surface area contributed by atoms with Crippen molar-refractivity contribution < 1.29 is 14.3 Å². The van der Waals surface area contributed by atoms with Crippen molar-refractivity contribution in [2.75, 3.05) is 40.8 Å². The summed E-state index contributed by atoms with van der Waals surface area (Å²) in [4.78, 5) is 26.6. The van der Waals surface area contributed by atoms with Crippen LogP contribution in [0.5, 0.6) is 0 Å². The van der Waals surface area contributed by atoms with Crippen molar-refractivity contribution in [2.24, 2.45) is 5.92 Å². The van der Waals surface area contributed by atoms with E-state index in [0.717, 1.165) is 26.1 Å². The number of rotatable bonds is 5. The Bertz CT molecular complexity index is 286. The number of carbonyl (C=O) groups is 2. The van der Waals surface area contributed by atoms with Crippen molar-refractivity contribution in [1.82, 2.24) is 9.80 Å². The highest BCUT2D eigenvalue weighted by Gasteiger charge is 2.19. The van der Waals surface area contributed by atoms with Crippen LogP contribution in [0, 0.1) is 5.92 Å². The molecule has 5 nitrogen and oxygen atoms in total. The Morgan fingerprint density at radius 3 is 2.50 bits per heavy atom. The maximum Gasteiger partial charge on any atom is 0.315 e. The average molecular weight is 256 g/mol. The molecule has 1 amide bonds. The lowest BCUT2D eigenvalue weighted by atomic mass is 9.94. The minimum Gasteiger partial charge on any atom is -0.469 e. The zero-order chi connectivity index (χ0) is 13.5. The van der Waals surface area contributed by atoms with Crippen LogP contribution in [0.25, 0.3) is 0 Å². The number of likely N-dealkylation sites (tertiary alicyclic amines) is 1. The molecule has 5 heteroatoms. The van der Waals surface area contributed by atoms with Gasteiger partial charge in [-0.3, -0.25) is 9.59 Å². The predicted molar refractivity (Wildman–Crippen MR) is 69.1 cm³/mol. The molecule has 0 aliphatic carbocycles. The SMILES string of the molecule is COC(=O)CC(=O)N(C)CCC1CCN(C)CC1. The molecule has 1 fully saturated rings. The Morgan fingerprint density at radius 1 is 1.33 bits per heavy atom. The number of ether oxygens (including phenoxy) is 1. The van der Waals surface area contributed by atoms with Gasteiger partial charge in [0.15, 0.2) is 0 Å². The van der Waals surface area contributed by atoms with Crippen LogP contribution >= 0.6 is 0 Å². The van der Waals surface area contributed by atoms with Crippen LogP contribution < -0.4 is 0 Å². The third kappa shape index (κ3) is 5.04. The first-order valence-corrected chi connectivity index (χ1v) is 6.52. The summed E-state index contributed by atoms with van der Waals surface area (Å²) in [7, 11) is 5.19. The fourth-order valence-electron chi connectivity index (χ4n) is 2.18. The van der Waals surface area contributed by atoms with Crippen LogP contribution in [-0.2, 0) is 14.3 Å². The molecule has 0 unspecified atom stereocenters. The Labute approximate surface area is 109 Å². The summed E-state index contributed by atoms with van der Waals surface area (Å²) in [6, 6.07) is 0. The lowest BCUT2D eigenvalue weighted by Gasteiger charge is -2.30. The standard InChI is InChI=1S/C13H24N2O3/c1-14-7-4-11(5-8-14)6-9-15(2)12(16)10-13(17)18-3/h11H,4-10H2,1-3H3. The molecule has 0 aromatic rings. The van der Waals surface area contributed by atoms with E-state index in [4.69, 9.17) is 0 Å². The molecule has 0 spiro atoms. The summed E-state index contributed by atoms with van der Waals surface area (Å²) in [6.07, 6.45) is 3.28. The molecule has 1 saturated heterocycles. The number of piperidine rings is 1. The number of carbonyl (C=O) groups excluding carboxylic acids is 2. The minimum atomic E-state index is -0.467. The van der Waals surface area contributed by atoms with Gasteiger partial charge in [0.1, 0.15) is 6.42 Å². The molecular weight excluding hydrogens is 232 g/mol. The van der Waals surface area contributed by atoms with Gasteiger partial charge in [-0.25, -0.2) is 0 Å². The van der Waals surface area contributed by atoms with Crippen LogP contribution in [0.3, 0.4) is 0 Å². The van der Waals surface area contributed by atoms with Crippen LogP contribution in [0.15, 0.2) is 0 Å². The van der Waals surface area contributed by atoms with Gasteiger partial charge in [-0.05, 0) is 45.3 Å². The third-order valence-electron chi connectivity index (χ3n) is 3.66. The fourth-order valence-corrected chi connectivity index (χ4v) is 2.18. The van der Waals surface area contributed by atoms with Crippen molar-refractivity contribution in [3.63, 3.8) is 0 Å². The number of nitrogens with zero attached hydrogens (tertiary/aromatic N) is 2. The Morgan fingerprint density at radius 2 is 1.94 bits per heavy atom. The molecule has 0 aromatic carbocycles. The summed E-state index contributed by atoms with van der Waals surface area (Å²) in [5.74, 6) is 0.0792. The van der Waals surface area contributed by atoms with Gasteiger partial charge in [0.05, 0.1) is 7.11 Å². The second-order valence-corrected chi connectivity index (χ2v) is 5.10. The zero-order valence-electron chi connectivity index (χ0n) is 11.6. The van der Waals surface area contributed by atoms with Crippen molar-refractivity contribution in [2.45, 2.75) is 25.7 Å². The fraction of sp³-hybridized carbons (Fsp3) is 0.846. The van der Waals surface area contributed by atoms with Crippen LogP contribution in [0.4, 0.5) is 0 Å². The van der Waals surface area contributed by atoms with Gasteiger partial charge in [0.25, 0.3) is 0 Å². The molecule has 18 heavy (non-hydrogen) atoms. The van der Waals surface area contributed by atoms with Gasteiger partial charge in [0, 0.05) is 13.6 Å². The van der Waals surface area contributed by atoms with E-state index in [1.807, 2.05) is 0 Å². The Kier molecular flexibility index (Phi) is 6.12. The zero-order valence-corrected chi connectivity index (χ0v) is 11.6. The van der Waals surface area contributed by atoms with Crippen molar-refractivity contribution in [3.05, 3.63) is 0 Å². The second-order valence-electron chi connectivity index (χ2n) is 5.10. The normalized spacial score (nSPS) is 17.5. The highest BCUT2D eigenvalue weighted by molar-refractivity contribution is 5.94. The third-order valence-corrected chi connectivity index (χ3v) is 3.66. The largest absolute Gasteiger partial charge is 0.469 e. The van der Waals surface area contributed by atoms with Crippen molar-refractivity contribution in [1.29, 1.82) is 0 Å². The molecule has 1 aliphatic heterocycles. The molecule has 0 radical (unpaired) electrons. The summed E-state index contributed by atoms with van der Waals surface area (Å²) < 4.78 is 4.49. The monoisotopic (exact) mass is 256 g/mol. The van der Waals surface area contributed by atoms with E-state index in [-0.39, 0.29) is 12.3 Å². The van der Waals surface area contributed by atoms with Gasteiger partial charge in [-0.2, -0.15) is 0 Å². The molecule has 1 heterocycles. The van der Waals surface area contributed by atoms with Gasteiger partial charge < -0.3 is 14.5 Å². The molecule has 1 aliphatic rings. The predicted octanol–water partition coefficient (Wildman–Crippen LogP) is 0.740. The van der Waals surface area contributed by atoms with Crippen LogP contribution in [0.1, 0.15) is 25.7 Å². The smallest absolute Gasteiger partial charge is 0.315 e. The van der Waals surface area contributed by atoms with Crippen LogP contribution in [0.2, 0.25) is 0 Å². The summed E-state index contributed by atoms with van der Waals surface area (Å²) in [5.41, 5.74) is 0. The topological polar surface area (TPSA) is 49.9 Å². The quantitative estimate of drug-likeness (QED) is 0.538. The van der Waals surface area contributed by atoms with Crippen molar-refractivity contribution in [3.8, 4) is 0 Å². The van der Waals surface area contributed by atoms with E-state index in [9.17, 15) is 9.59 Å². The van der Waals surface area contributed by atoms with E-state index in [1.54, 1.807) is 11.9 Å². The van der Waals surface area contributed by atoms with Crippen LogP contribution in [-0.4, -0.2) is 62.5 Å². The first-order chi connectivity index (χ1) is 8.52. The minimum absolute atomic E-state index is 0.152. The molecule has 0 N–H and O–H groups in total. The number of amides is 1. The van der Waals surface area contributed by atoms with Gasteiger partial charge in [-0.15, -0.1) is 0 Å². The van der Waals surface area contributed by atoms with Gasteiger partial charge >= 0.3 is 5.97 Å². The van der Waals surface area contributed by atoms with Gasteiger partial charge in [-0.1, -0.05) is 0 Å². The Hall–Kier alpha value is -1.10. The van der Waals surface area contributed by atoms with E-state index in [1.165, 1.54) is 20.0 Å².